The van der Waals surface area contributed by atoms with Gasteiger partial charge in [0.05, 0.1) is 0 Å². The van der Waals surface area contributed by atoms with Crippen molar-refractivity contribution in [3.05, 3.63) is 82.7 Å². The first-order valence-electron chi connectivity index (χ1n) is 12.7. The third-order valence-electron chi connectivity index (χ3n) is 7.38. The lowest BCUT2D eigenvalue weighted by Gasteiger charge is -2.32. The van der Waals surface area contributed by atoms with Crippen LogP contribution in [0.15, 0.2) is 57.9 Å². The summed E-state index contributed by atoms with van der Waals surface area (Å²) in [6, 6.07) is 13.3. The number of aryl methyl sites for hydroxylation is 1. The summed E-state index contributed by atoms with van der Waals surface area (Å²) in [6.07, 6.45) is 4.42. The number of hydrogen-bond acceptors (Lipinski definition) is 5. The molecule has 0 spiro atoms. The molecular formula is C28H29F2N3O4S. The third-order valence-corrected chi connectivity index (χ3v) is 9.44. The van der Waals surface area contributed by atoms with Crippen molar-refractivity contribution in [2.45, 2.75) is 37.0 Å². The van der Waals surface area contributed by atoms with Gasteiger partial charge in [0.2, 0.25) is 15.9 Å². The second-order valence-electron chi connectivity index (χ2n) is 9.82. The number of piperidine rings is 1. The number of likely N-dealkylation sites (tertiary alicyclic amines) is 1. The highest BCUT2D eigenvalue weighted by Crippen LogP contribution is 2.32. The largest absolute Gasteiger partial charge is 0.355 e. The molecule has 2 aliphatic rings. The standard InChI is InChI=1S/C28H29F2N3O4S/c1-19-27(26(37-31-19)10-8-21-7-9-24(29)17-25(21)30)38(35,36)33-15-12-22(13-16-33)28(34)32-14-11-23(18-32)20-5-3-2-4-6-20/h2-10,17,22-23H,11-16,18H2,1H3/b10-8+. The van der Waals surface area contributed by atoms with Gasteiger partial charge in [-0.15, -0.1) is 0 Å². The van der Waals surface area contributed by atoms with Gasteiger partial charge in [-0.1, -0.05) is 35.5 Å². The highest BCUT2D eigenvalue weighted by atomic mass is 32.2. The number of hydrogen-bond donors (Lipinski definition) is 0. The van der Waals surface area contributed by atoms with Crippen LogP contribution in [0.3, 0.4) is 0 Å². The number of sulfonamides is 1. The molecule has 2 saturated heterocycles. The second kappa shape index (κ2) is 10.8. The van der Waals surface area contributed by atoms with Crippen LogP contribution in [0.25, 0.3) is 12.2 Å². The topological polar surface area (TPSA) is 83.7 Å². The molecule has 0 bridgehead atoms. The van der Waals surface area contributed by atoms with E-state index in [9.17, 15) is 22.0 Å². The van der Waals surface area contributed by atoms with E-state index >= 15 is 0 Å². The van der Waals surface area contributed by atoms with Gasteiger partial charge in [-0.25, -0.2) is 17.2 Å². The minimum absolute atomic E-state index is 0.0338. The number of carbonyl (C=O) groups excluding carboxylic acids is 1. The Labute approximate surface area is 220 Å². The molecule has 2 fully saturated rings. The van der Waals surface area contributed by atoms with Crippen LogP contribution < -0.4 is 0 Å². The second-order valence-corrected chi connectivity index (χ2v) is 11.7. The number of carbonyl (C=O) groups is 1. The van der Waals surface area contributed by atoms with Gasteiger partial charge in [0, 0.05) is 49.6 Å². The van der Waals surface area contributed by atoms with Crippen molar-refractivity contribution in [2.75, 3.05) is 26.2 Å². The molecule has 0 radical (unpaired) electrons. The zero-order chi connectivity index (χ0) is 26.9. The fraction of sp³-hybridized carbons (Fsp3) is 0.357. The average Bonchev–Trinajstić information content (AvgIpc) is 3.56. The summed E-state index contributed by atoms with van der Waals surface area (Å²) in [7, 11) is -3.97. The molecule has 38 heavy (non-hydrogen) atoms. The van der Waals surface area contributed by atoms with Crippen molar-refractivity contribution in [3.8, 4) is 0 Å². The average molecular weight is 542 g/mol. The molecule has 3 aromatic rings. The van der Waals surface area contributed by atoms with Crippen molar-refractivity contribution in [1.82, 2.24) is 14.4 Å². The van der Waals surface area contributed by atoms with Gasteiger partial charge in [-0.05, 0) is 56.0 Å². The Hall–Kier alpha value is -3.37. The molecule has 5 rings (SSSR count). The molecule has 0 aliphatic carbocycles. The number of benzene rings is 2. The van der Waals surface area contributed by atoms with Crippen molar-refractivity contribution < 1.29 is 26.5 Å². The van der Waals surface area contributed by atoms with Gasteiger partial charge >= 0.3 is 0 Å². The Kier molecular flexibility index (Phi) is 7.45. The molecular weight excluding hydrogens is 512 g/mol. The van der Waals surface area contributed by atoms with Crippen molar-refractivity contribution in [3.63, 3.8) is 0 Å². The molecule has 0 saturated carbocycles. The minimum atomic E-state index is -3.97. The van der Waals surface area contributed by atoms with Crippen LogP contribution >= 0.6 is 0 Å². The zero-order valence-electron chi connectivity index (χ0n) is 21.0. The highest BCUT2D eigenvalue weighted by Gasteiger charge is 2.38. The molecule has 1 unspecified atom stereocenters. The molecule has 200 valence electrons. The van der Waals surface area contributed by atoms with Crippen molar-refractivity contribution >= 4 is 28.1 Å². The molecule has 0 N–H and O–H groups in total. The predicted octanol–water partition coefficient (Wildman–Crippen LogP) is 4.85. The minimum Gasteiger partial charge on any atom is -0.355 e. The number of halogens is 2. The van der Waals surface area contributed by atoms with Gasteiger partial charge in [-0.3, -0.25) is 4.79 Å². The smallest absolute Gasteiger partial charge is 0.248 e. The van der Waals surface area contributed by atoms with Crippen LogP contribution in [-0.2, 0) is 14.8 Å². The van der Waals surface area contributed by atoms with Gasteiger partial charge in [0.15, 0.2) is 10.7 Å². The molecule has 1 atom stereocenters. The Morgan fingerprint density at radius 3 is 2.47 bits per heavy atom. The van der Waals surface area contributed by atoms with Gasteiger partial charge in [0.1, 0.15) is 17.3 Å². The van der Waals surface area contributed by atoms with E-state index in [1.807, 2.05) is 23.1 Å². The van der Waals surface area contributed by atoms with E-state index in [-0.39, 0.29) is 46.8 Å². The molecule has 1 amide bonds. The van der Waals surface area contributed by atoms with Crippen LogP contribution in [0.1, 0.15) is 47.8 Å². The lowest BCUT2D eigenvalue weighted by Crippen LogP contribution is -2.44. The first-order chi connectivity index (χ1) is 18.2. The van der Waals surface area contributed by atoms with Crippen LogP contribution in [0.5, 0.6) is 0 Å². The van der Waals surface area contributed by atoms with Crippen LogP contribution in [0.4, 0.5) is 8.78 Å². The van der Waals surface area contributed by atoms with Crippen LogP contribution in [0.2, 0.25) is 0 Å². The quantitative estimate of drug-likeness (QED) is 0.446. The molecule has 7 nitrogen and oxygen atoms in total. The van der Waals surface area contributed by atoms with E-state index in [0.29, 0.717) is 31.8 Å². The Morgan fingerprint density at radius 2 is 1.76 bits per heavy atom. The fourth-order valence-corrected chi connectivity index (χ4v) is 7.01. The highest BCUT2D eigenvalue weighted by molar-refractivity contribution is 7.89. The lowest BCUT2D eigenvalue weighted by molar-refractivity contribution is -0.135. The van der Waals surface area contributed by atoms with E-state index in [1.54, 1.807) is 0 Å². The lowest BCUT2D eigenvalue weighted by atomic mass is 9.96. The first kappa shape index (κ1) is 26.2. The molecule has 2 aromatic carbocycles. The summed E-state index contributed by atoms with van der Waals surface area (Å²) in [5.41, 5.74) is 1.51. The van der Waals surface area contributed by atoms with E-state index in [1.165, 1.54) is 35.0 Å². The van der Waals surface area contributed by atoms with Gasteiger partial charge < -0.3 is 9.42 Å². The zero-order valence-corrected chi connectivity index (χ0v) is 21.8. The maximum Gasteiger partial charge on any atom is 0.248 e. The van der Waals surface area contributed by atoms with Gasteiger partial charge in [-0.2, -0.15) is 4.31 Å². The summed E-state index contributed by atoms with van der Waals surface area (Å²) in [5.74, 6) is -1.32. The third kappa shape index (κ3) is 5.28. The van der Waals surface area contributed by atoms with Crippen molar-refractivity contribution in [2.24, 2.45) is 5.92 Å². The first-order valence-corrected chi connectivity index (χ1v) is 14.1. The number of nitrogens with zero attached hydrogens (tertiary/aromatic N) is 3. The number of rotatable bonds is 6. The summed E-state index contributed by atoms with van der Waals surface area (Å²) in [5, 5.41) is 3.81. The normalized spacial score (nSPS) is 19.4. The summed E-state index contributed by atoms with van der Waals surface area (Å²) < 4.78 is 60.8. The van der Waals surface area contributed by atoms with Crippen LogP contribution in [0, 0.1) is 24.5 Å². The molecule has 10 heteroatoms. The Morgan fingerprint density at radius 1 is 1.03 bits per heavy atom. The maximum atomic E-state index is 14.0. The van der Waals surface area contributed by atoms with E-state index in [0.717, 1.165) is 18.6 Å². The van der Waals surface area contributed by atoms with E-state index < -0.39 is 21.7 Å². The predicted molar refractivity (Wildman–Crippen MR) is 138 cm³/mol. The molecule has 2 aliphatic heterocycles. The Balaban J connectivity index is 1.24. The van der Waals surface area contributed by atoms with E-state index in [4.69, 9.17) is 4.52 Å². The molecule has 3 heterocycles. The van der Waals surface area contributed by atoms with E-state index in [2.05, 4.69) is 17.3 Å². The van der Waals surface area contributed by atoms with Crippen molar-refractivity contribution in [1.29, 1.82) is 0 Å². The van der Waals surface area contributed by atoms with Gasteiger partial charge in [0.25, 0.3) is 0 Å². The summed E-state index contributed by atoms with van der Waals surface area (Å²) in [4.78, 5) is 15.0. The summed E-state index contributed by atoms with van der Waals surface area (Å²) >= 11 is 0. The number of aromatic nitrogens is 1. The maximum absolute atomic E-state index is 14.0. The Bertz CT molecular complexity index is 1450. The molecule has 1 aromatic heterocycles. The number of amides is 1. The fourth-order valence-electron chi connectivity index (χ4n) is 5.29. The summed E-state index contributed by atoms with van der Waals surface area (Å²) in [6.45, 7) is 3.33. The monoisotopic (exact) mass is 541 g/mol. The SMILES string of the molecule is Cc1noc(/C=C/c2ccc(F)cc2F)c1S(=O)(=O)N1CCC(C(=O)N2CCC(c3ccccc3)C2)CC1. The van der Waals surface area contributed by atoms with Crippen LogP contribution in [-0.4, -0.2) is 54.9 Å².